The number of ether oxygens (including phenoxy) is 2. The van der Waals surface area contributed by atoms with E-state index in [1.807, 2.05) is 36.6 Å². The number of nitrogens with one attached hydrogen (secondary N) is 1. The quantitative estimate of drug-likeness (QED) is 0.754. The smallest absolute Gasteiger partial charge is 0.238 e. The van der Waals surface area contributed by atoms with E-state index in [9.17, 15) is 4.79 Å². The Morgan fingerprint density at radius 2 is 1.82 bits per heavy atom. The Balaban J connectivity index is 1.23. The first kappa shape index (κ1) is 19.1. The van der Waals surface area contributed by atoms with Crippen molar-refractivity contribution in [1.82, 2.24) is 9.80 Å². The van der Waals surface area contributed by atoms with Crippen LogP contribution in [0.3, 0.4) is 0 Å². The summed E-state index contributed by atoms with van der Waals surface area (Å²) >= 11 is 1.67. The molecule has 2 heterocycles. The van der Waals surface area contributed by atoms with Crippen molar-refractivity contribution < 1.29 is 14.3 Å². The van der Waals surface area contributed by atoms with Crippen LogP contribution in [0.1, 0.15) is 5.56 Å². The minimum Gasteiger partial charge on any atom is -0.454 e. The lowest BCUT2D eigenvalue weighted by atomic mass is 10.1. The van der Waals surface area contributed by atoms with E-state index in [-0.39, 0.29) is 5.91 Å². The van der Waals surface area contributed by atoms with E-state index in [1.165, 1.54) is 5.56 Å². The van der Waals surface area contributed by atoms with Crippen molar-refractivity contribution in [2.45, 2.75) is 11.4 Å². The van der Waals surface area contributed by atoms with Gasteiger partial charge in [0.2, 0.25) is 12.7 Å². The number of fused-ring (bicyclic) bond motifs is 1. The largest absolute Gasteiger partial charge is 0.454 e. The van der Waals surface area contributed by atoms with E-state index in [2.05, 4.69) is 27.2 Å². The maximum absolute atomic E-state index is 12.4. The van der Waals surface area contributed by atoms with Gasteiger partial charge in [0.15, 0.2) is 11.5 Å². The zero-order valence-corrected chi connectivity index (χ0v) is 16.8. The van der Waals surface area contributed by atoms with E-state index >= 15 is 0 Å². The number of nitrogens with zero attached hydrogens (tertiary/aromatic N) is 2. The highest BCUT2D eigenvalue weighted by Crippen LogP contribution is 2.32. The fraction of sp³-hybridized carbons (Fsp3) is 0.381. The van der Waals surface area contributed by atoms with Crippen molar-refractivity contribution in [1.29, 1.82) is 0 Å². The first-order chi connectivity index (χ1) is 13.7. The van der Waals surface area contributed by atoms with Gasteiger partial charge in [-0.3, -0.25) is 14.6 Å². The fourth-order valence-electron chi connectivity index (χ4n) is 3.51. The summed E-state index contributed by atoms with van der Waals surface area (Å²) in [4.78, 5) is 18.1. The molecule has 28 heavy (non-hydrogen) atoms. The molecule has 0 spiro atoms. The molecule has 0 atom stereocenters. The van der Waals surface area contributed by atoms with Crippen molar-refractivity contribution >= 4 is 23.4 Å². The zero-order chi connectivity index (χ0) is 19.3. The number of hydrogen-bond donors (Lipinski definition) is 1. The van der Waals surface area contributed by atoms with E-state index in [1.54, 1.807) is 11.8 Å². The summed E-state index contributed by atoms with van der Waals surface area (Å²) in [6.45, 7) is 5.31. The van der Waals surface area contributed by atoms with Gasteiger partial charge in [-0.1, -0.05) is 12.1 Å². The maximum atomic E-state index is 12.4. The number of piperazine rings is 1. The van der Waals surface area contributed by atoms with Crippen molar-refractivity contribution in [2.24, 2.45) is 0 Å². The number of carbonyl (C=O) groups is 1. The zero-order valence-electron chi connectivity index (χ0n) is 16.0. The summed E-state index contributed by atoms with van der Waals surface area (Å²) in [6.07, 6.45) is 2.03. The molecule has 2 aliphatic heterocycles. The third-order valence-electron chi connectivity index (χ3n) is 5.03. The molecule has 2 aromatic carbocycles. The van der Waals surface area contributed by atoms with Gasteiger partial charge in [0.05, 0.1) is 6.54 Å². The van der Waals surface area contributed by atoms with Gasteiger partial charge >= 0.3 is 0 Å². The van der Waals surface area contributed by atoms with Gasteiger partial charge in [-0.05, 0) is 42.2 Å². The summed E-state index contributed by atoms with van der Waals surface area (Å²) in [6, 6.07) is 14.1. The summed E-state index contributed by atoms with van der Waals surface area (Å²) in [5.41, 5.74) is 2.09. The van der Waals surface area contributed by atoms with Gasteiger partial charge in [0.1, 0.15) is 0 Å². The van der Waals surface area contributed by atoms with Gasteiger partial charge in [-0.15, -0.1) is 11.8 Å². The molecule has 148 valence electrons. The first-order valence-corrected chi connectivity index (χ1v) is 10.7. The number of rotatable bonds is 6. The third kappa shape index (κ3) is 4.79. The van der Waals surface area contributed by atoms with E-state index in [0.717, 1.165) is 54.8 Å². The molecule has 0 aliphatic carbocycles. The second kappa shape index (κ2) is 8.86. The van der Waals surface area contributed by atoms with Crippen LogP contribution in [0.25, 0.3) is 0 Å². The van der Waals surface area contributed by atoms with Gasteiger partial charge < -0.3 is 14.8 Å². The molecule has 2 aliphatic rings. The third-order valence-corrected chi connectivity index (χ3v) is 5.75. The van der Waals surface area contributed by atoms with Crippen molar-refractivity contribution in [3.8, 4) is 11.5 Å². The monoisotopic (exact) mass is 399 g/mol. The molecule has 0 unspecified atom stereocenters. The Labute approximate surface area is 169 Å². The molecule has 0 saturated carbocycles. The Hall–Kier alpha value is -2.22. The molecule has 0 aromatic heterocycles. The number of carbonyl (C=O) groups excluding carboxylic acids is 1. The topological polar surface area (TPSA) is 54.0 Å². The molecule has 0 radical (unpaired) electrons. The van der Waals surface area contributed by atoms with Crippen LogP contribution < -0.4 is 14.8 Å². The summed E-state index contributed by atoms with van der Waals surface area (Å²) < 4.78 is 10.8. The lowest BCUT2D eigenvalue weighted by Crippen LogP contribution is -2.48. The summed E-state index contributed by atoms with van der Waals surface area (Å²) in [7, 11) is 0. The molecule has 1 fully saturated rings. The average Bonchev–Trinajstić information content (AvgIpc) is 3.17. The number of amides is 1. The Bertz CT molecular complexity index is 837. The molecule has 2 aromatic rings. The molecule has 1 saturated heterocycles. The number of hydrogen-bond acceptors (Lipinski definition) is 6. The minimum absolute atomic E-state index is 0.0440. The van der Waals surface area contributed by atoms with Crippen LogP contribution >= 0.6 is 11.8 Å². The van der Waals surface area contributed by atoms with Crippen LogP contribution in [0.15, 0.2) is 47.4 Å². The molecule has 4 rings (SSSR count). The highest BCUT2D eigenvalue weighted by Gasteiger charge is 2.20. The first-order valence-electron chi connectivity index (χ1n) is 9.47. The Morgan fingerprint density at radius 1 is 1.04 bits per heavy atom. The van der Waals surface area contributed by atoms with Crippen LogP contribution in [-0.4, -0.2) is 61.5 Å². The molecule has 0 bridgehead atoms. The lowest BCUT2D eigenvalue weighted by Gasteiger charge is -2.34. The van der Waals surface area contributed by atoms with Crippen LogP contribution in [0.2, 0.25) is 0 Å². The van der Waals surface area contributed by atoms with E-state index < -0.39 is 0 Å². The molecular weight excluding hydrogens is 374 g/mol. The van der Waals surface area contributed by atoms with E-state index in [0.29, 0.717) is 13.3 Å². The minimum atomic E-state index is 0.0440. The predicted octanol–water partition coefficient (Wildman–Crippen LogP) is 2.89. The lowest BCUT2D eigenvalue weighted by molar-refractivity contribution is -0.117. The molecular formula is C21H25N3O3S. The molecule has 6 nitrogen and oxygen atoms in total. The van der Waals surface area contributed by atoms with Crippen LogP contribution in [-0.2, 0) is 11.3 Å². The second-order valence-corrected chi connectivity index (χ2v) is 7.90. The maximum Gasteiger partial charge on any atom is 0.238 e. The van der Waals surface area contributed by atoms with E-state index in [4.69, 9.17) is 9.47 Å². The van der Waals surface area contributed by atoms with Crippen molar-refractivity contribution in [3.05, 3.63) is 48.0 Å². The summed E-state index contributed by atoms with van der Waals surface area (Å²) in [5, 5.41) is 3.01. The van der Waals surface area contributed by atoms with Crippen molar-refractivity contribution in [2.75, 3.05) is 51.1 Å². The number of benzene rings is 2. The second-order valence-electron chi connectivity index (χ2n) is 7.02. The number of thioether (sulfide) groups is 1. The van der Waals surface area contributed by atoms with Gasteiger partial charge in [0.25, 0.3) is 0 Å². The average molecular weight is 400 g/mol. The predicted molar refractivity (Wildman–Crippen MR) is 111 cm³/mol. The highest BCUT2D eigenvalue weighted by atomic mass is 32.2. The van der Waals surface area contributed by atoms with Crippen molar-refractivity contribution in [3.63, 3.8) is 0 Å². The van der Waals surface area contributed by atoms with Crippen LogP contribution in [0, 0.1) is 0 Å². The normalized spacial score (nSPS) is 16.9. The molecule has 7 heteroatoms. The number of anilines is 1. The standard InChI is InChI=1S/C21H25N3O3S/c1-28-18-4-2-3-17(12-18)22-21(25)14-24-9-7-23(8-10-24)13-16-5-6-19-20(11-16)27-15-26-19/h2-6,11-12H,7-10,13-15H2,1H3,(H,22,25). The van der Waals surface area contributed by atoms with Crippen LogP contribution in [0.4, 0.5) is 5.69 Å². The highest BCUT2D eigenvalue weighted by molar-refractivity contribution is 7.98. The SMILES string of the molecule is CSc1cccc(NC(=O)CN2CCN(Cc3ccc4c(c3)OCO4)CC2)c1. The Kier molecular flexibility index (Phi) is 6.04. The van der Waals surface area contributed by atoms with Gasteiger partial charge in [0, 0.05) is 43.3 Å². The van der Waals surface area contributed by atoms with Gasteiger partial charge in [-0.25, -0.2) is 0 Å². The molecule has 1 N–H and O–H groups in total. The molecule has 1 amide bonds. The van der Waals surface area contributed by atoms with Gasteiger partial charge in [-0.2, -0.15) is 0 Å². The van der Waals surface area contributed by atoms with Crippen LogP contribution in [0.5, 0.6) is 11.5 Å². The fourth-order valence-corrected chi connectivity index (χ4v) is 3.97. The Morgan fingerprint density at radius 3 is 2.64 bits per heavy atom. The summed E-state index contributed by atoms with van der Waals surface area (Å²) in [5.74, 6) is 1.70.